The van der Waals surface area contributed by atoms with Crippen LogP contribution in [0.4, 0.5) is 0 Å². The molecule has 1 fully saturated rings. The Morgan fingerprint density at radius 2 is 1.87 bits per heavy atom. The zero-order valence-electron chi connectivity index (χ0n) is 18.5. The zero-order chi connectivity index (χ0) is 21.8. The van der Waals surface area contributed by atoms with E-state index in [0.717, 1.165) is 36.1 Å². The number of carbonyl (C=O) groups excluding carboxylic acids is 1. The molecule has 0 unspecified atom stereocenters. The van der Waals surface area contributed by atoms with Crippen molar-refractivity contribution in [2.24, 2.45) is 0 Å². The van der Waals surface area contributed by atoms with Crippen LogP contribution in [0.5, 0.6) is 0 Å². The van der Waals surface area contributed by atoms with E-state index in [1.54, 1.807) is 0 Å². The summed E-state index contributed by atoms with van der Waals surface area (Å²) in [5.74, 6) is 1.46. The maximum absolute atomic E-state index is 12.9. The highest BCUT2D eigenvalue weighted by Gasteiger charge is 2.24. The lowest BCUT2D eigenvalue weighted by molar-refractivity contribution is -0.131. The molecule has 1 aromatic heterocycles. The summed E-state index contributed by atoms with van der Waals surface area (Å²) in [6.07, 6.45) is 4.09. The molecule has 4 rings (SSSR count). The summed E-state index contributed by atoms with van der Waals surface area (Å²) in [4.78, 5) is 14.9. The Labute approximate surface area is 188 Å². The van der Waals surface area contributed by atoms with Crippen molar-refractivity contribution in [3.63, 3.8) is 0 Å². The number of benzene rings is 2. The lowest BCUT2D eigenvalue weighted by Crippen LogP contribution is -2.42. The molecule has 5 nitrogen and oxygen atoms in total. The number of aromatic nitrogens is 3. The van der Waals surface area contributed by atoms with E-state index < -0.39 is 0 Å². The maximum atomic E-state index is 12.9. The van der Waals surface area contributed by atoms with Gasteiger partial charge in [-0.15, -0.1) is 10.2 Å². The van der Waals surface area contributed by atoms with Gasteiger partial charge in [-0.1, -0.05) is 48.2 Å². The van der Waals surface area contributed by atoms with E-state index in [9.17, 15) is 4.79 Å². The second-order valence-electron chi connectivity index (χ2n) is 8.39. The highest BCUT2D eigenvalue weighted by Crippen LogP contribution is 2.26. The van der Waals surface area contributed by atoms with Crippen LogP contribution < -0.4 is 0 Å². The van der Waals surface area contributed by atoms with Crippen molar-refractivity contribution in [1.82, 2.24) is 19.7 Å². The van der Waals surface area contributed by atoms with Crippen LogP contribution in [0.1, 0.15) is 48.7 Å². The van der Waals surface area contributed by atoms with Crippen molar-refractivity contribution in [2.45, 2.75) is 57.7 Å². The fraction of sp³-hybridized carbons (Fsp3) is 0.400. The number of hydrogen-bond donors (Lipinski definition) is 0. The van der Waals surface area contributed by atoms with E-state index in [1.807, 2.05) is 23.1 Å². The Kier molecular flexibility index (Phi) is 6.76. The molecule has 1 atom stereocenters. The zero-order valence-corrected chi connectivity index (χ0v) is 19.4. The summed E-state index contributed by atoms with van der Waals surface area (Å²) in [6, 6.07) is 17.1. The normalized spacial score (nSPS) is 16.5. The Balaban J connectivity index is 1.60. The molecule has 0 bridgehead atoms. The summed E-state index contributed by atoms with van der Waals surface area (Å²) in [7, 11) is 0. The molecular formula is C25H30N4OS. The number of aryl methyl sites for hydroxylation is 2. The summed E-state index contributed by atoms with van der Waals surface area (Å²) in [6.45, 7) is 7.25. The van der Waals surface area contributed by atoms with Crippen molar-refractivity contribution < 1.29 is 4.79 Å². The molecular weight excluding hydrogens is 404 g/mol. The Morgan fingerprint density at radius 1 is 1.06 bits per heavy atom. The van der Waals surface area contributed by atoms with Crippen molar-refractivity contribution in [3.8, 4) is 5.69 Å². The van der Waals surface area contributed by atoms with Crippen LogP contribution in [0.25, 0.3) is 5.69 Å². The molecule has 0 saturated carbocycles. The second kappa shape index (κ2) is 9.69. The van der Waals surface area contributed by atoms with Gasteiger partial charge in [0, 0.05) is 24.7 Å². The van der Waals surface area contributed by atoms with Crippen molar-refractivity contribution in [2.75, 3.05) is 12.3 Å². The first-order valence-electron chi connectivity index (χ1n) is 11.0. The molecule has 0 aliphatic carbocycles. The maximum Gasteiger partial charge on any atom is 0.233 e. The van der Waals surface area contributed by atoms with Gasteiger partial charge >= 0.3 is 0 Å². The molecule has 0 spiro atoms. The fourth-order valence-corrected chi connectivity index (χ4v) is 4.95. The van der Waals surface area contributed by atoms with Crippen molar-refractivity contribution >= 4 is 17.7 Å². The molecule has 1 aliphatic rings. The monoisotopic (exact) mass is 434 g/mol. The number of thioether (sulfide) groups is 1. The molecule has 1 amide bonds. The average Bonchev–Trinajstić information content (AvgIpc) is 3.17. The minimum Gasteiger partial charge on any atom is -0.339 e. The highest BCUT2D eigenvalue weighted by atomic mass is 32.2. The van der Waals surface area contributed by atoms with Crippen molar-refractivity contribution in [3.05, 3.63) is 71.0 Å². The minimum atomic E-state index is 0.191. The number of amides is 1. The number of carbonyl (C=O) groups is 1. The molecule has 2 heterocycles. The Bertz CT molecular complexity index is 1050. The number of nitrogens with zero attached hydrogens (tertiary/aromatic N) is 4. The van der Waals surface area contributed by atoms with Crippen LogP contribution >= 0.6 is 11.8 Å². The first-order valence-corrected chi connectivity index (χ1v) is 12.0. The van der Waals surface area contributed by atoms with E-state index in [2.05, 4.69) is 65.9 Å². The molecule has 2 aromatic carbocycles. The van der Waals surface area contributed by atoms with Gasteiger partial charge in [-0.25, -0.2) is 0 Å². The van der Waals surface area contributed by atoms with Gasteiger partial charge in [0.25, 0.3) is 0 Å². The predicted molar refractivity (Wildman–Crippen MR) is 126 cm³/mol. The van der Waals surface area contributed by atoms with Gasteiger partial charge in [-0.3, -0.25) is 9.36 Å². The quantitative estimate of drug-likeness (QED) is 0.514. The van der Waals surface area contributed by atoms with Gasteiger partial charge in [-0.05, 0) is 68.9 Å². The third-order valence-corrected chi connectivity index (χ3v) is 7.02. The largest absolute Gasteiger partial charge is 0.339 e. The number of hydrogen-bond acceptors (Lipinski definition) is 4. The van der Waals surface area contributed by atoms with Gasteiger partial charge < -0.3 is 4.90 Å². The third-order valence-electron chi connectivity index (χ3n) is 6.10. The van der Waals surface area contributed by atoms with Crippen LogP contribution in [-0.2, 0) is 11.2 Å². The van der Waals surface area contributed by atoms with Crippen LogP contribution in [0.2, 0.25) is 0 Å². The molecule has 1 aliphatic heterocycles. The average molecular weight is 435 g/mol. The molecule has 31 heavy (non-hydrogen) atoms. The van der Waals surface area contributed by atoms with E-state index >= 15 is 0 Å². The van der Waals surface area contributed by atoms with E-state index in [1.165, 1.54) is 34.9 Å². The Hall–Kier alpha value is -2.60. The predicted octanol–water partition coefficient (Wildman–Crippen LogP) is 4.97. The summed E-state index contributed by atoms with van der Waals surface area (Å²) in [5.41, 5.74) is 4.71. The molecule has 6 heteroatoms. The summed E-state index contributed by atoms with van der Waals surface area (Å²) >= 11 is 1.49. The first kappa shape index (κ1) is 21.6. The van der Waals surface area contributed by atoms with E-state index in [4.69, 9.17) is 0 Å². The van der Waals surface area contributed by atoms with Crippen LogP contribution in [-0.4, -0.2) is 43.9 Å². The van der Waals surface area contributed by atoms with Gasteiger partial charge in [0.2, 0.25) is 5.91 Å². The van der Waals surface area contributed by atoms with E-state index in [-0.39, 0.29) is 5.91 Å². The van der Waals surface area contributed by atoms with Crippen molar-refractivity contribution in [1.29, 1.82) is 0 Å². The number of rotatable bonds is 6. The fourth-order valence-electron chi connectivity index (χ4n) is 4.09. The Morgan fingerprint density at radius 3 is 2.61 bits per heavy atom. The van der Waals surface area contributed by atoms with Crippen LogP contribution in [0, 0.1) is 13.8 Å². The molecule has 0 N–H and O–H groups in total. The second-order valence-corrected chi connectivity index (χ2v) is 9.33. The molecule has 1 saturated heterocycles. The van der Waals surface area contributed by atoms with E-state index in [0.29, 0.717) is 18.2 Å². The van der Waals surface area contributed by atoms with Crippen LogP contribution in [0.15, 0.2) is 53.7 Å². The molecule has 3 aromatic rings. The summed E-state index contributed by atoms with van der Waals surface area (Å²) in [5, 5.41) is 9.77. The molecule has 162 valence electrons. The summed E-state index contributed by atoms with van der Waals surface area (Å²) < 4.78 is 2.11. The minimum absolute atomic E-state index is 0.191. The van der Waals surface area contributed by atoms with Gasteiger partial charge in [0.1, 0.15) is 5.82 Å². The van der Waals surface area contributed by atoms with Crippen LogP contribution in [0.3, 0.4) is 0 Å². The first-order chi connectivity index (χ1) is 15.0. The SMILES string of the molecule is Cc1ccc(-n2c(Cc3ccccc3)nnc2SCC(=O)N2CCCC[C@H]2C)cc1C. The van der Waals surface area contributed by atoms with Gasteiger partial charge in [0.05, 0.1) is 5.75 Å². The van der Waals surface area contributed by atoms with Gasteiger partial charge in [-0.2, -0.15) is 0 Å². The molecule has 0 radical (unpaired) electrons. The lowest BCUT2D eigenvalue weighted by Gasteiger charge is -2.33. The highest BCUT2D eigenvalue weighted by molar-refractivity contribution is 7.99. The topological polar surface area (TPSA) is 51.0 Å². The number of piperidine rings is 1. The smallest absolute Gasteiger partial charge is 0.233 e. The number of likely N-dealkylation sites (tertiary alicyclic amines) is 1. The lowest BCUT2D eigenvalue weighted by atomic mass is 10.0. The third kappa shape index (κ3) is 5.01. The van der Waals surface area contributed by atoms with Gasteiger partial charge in [0.15, 0.2) is 5.16 Å². The standard InChI is InChI=1S/C25H30N4OS/c1-18-12-13-22(15-19(18)2)29-23(16-21-10-5-4-6-11-21)26-27-25(29)31-17-24(30)28-14-8-7-9-20(28)3/h4-6,10-13,15,20H,7-9,14,16-17H2,1-3H3/t20-/m1/s1.